The third-order valence-electron chi connectivity index (χ3n) is 4.63. The van der Waals surface area contributed by atoms with Crippen molar-refractivity contribution in [3.63, 3.8) is 0 Å². The Morgan fingerprint density at radius 3 is 2.63 bits per heavy atom. The number of rotatable bonds is 5. The van der Waals surface area contributed by atoms with Crippen LogP contribution < -0.4 is 5.32 Å². The number of aliphatic hydroxyl groups is 1. The molecule has 0 aliphatic carbocycles. The zero-order valence-electron chi connectivity index (χ0n) is 15.1. The van der Waals surface area contributed by atoms with E-state index in [1.807, 2.05) is 0 Å². The molecule has 4 atom stereocenters. The molecule has 1 saturated heterocycles. The molecule has 14 heteroatoms. The van der Waals surface area contributed by atoms with Crippen molar-refractivity contribution in [1.29, 1.82) is 0 Å². The van der Waals surface area contributed by atoms with Crippen LogP contribution >= 0.6 is 7.60 Å². The first-order valence-corrected chi connectivity index (χ1v) is 10.4. The number of carbonyl (C=O) groups is 1. The molecule has 30 heavy (non-hydrogen) atoms. The number of halogens is 1. The van der Waals surface area contributed by atoms with E-state index in [9.17, 15) is 28.6 Å². The van der Waals surface area contributed by atoms with Crippen molar-refractivity contribution in [2.75, 3.05) is 11.9 Å². The number of aromatic nitrogens is 5. The molecule has 4 N–H and O–H groups in total. The van der Waals surface area contributed by atoms with Gasteiger partial charge in [-0.15, -0.1) is 5.10 Å². The van der Waals surface area contributed by atoms with E-state index in [1.54, 1.807) is 30.3 Å². The van der Waals surface area contributed by atoms with Crippen LogP contribution in [0.15, 0.2) is 36.7 Å². The number of ether oxygens (including phenoxy) is 1. The average Bonchev–Trinajstić information content (AvgIpc) is 3.29. The van der Waals surface area contributed by atoms with Gasteiger partial charge < -0.3 is 24.9 Å². The van der Waals surface area contributed by atoms with Crippen LogP contribution in [0.5, 0.6) is 0 Å². The molecule has 3 aromatic rings. The first-order valence-electron chi connectivity index (χ1n) is 8.69. The topological polar surface area (TPSA) is 173 Å². The second-order valence-electron chi connectivity index (χ2n) is 6.52. The van der Waals surface area contributed by atoms with E-state index in [2.05, 4.69) is 25.6 Å². The number of carbonyl (C=O) groups excluding carboxylic acids is 1. The maximum atomic E-state index is 14.9. The normalized spacial score (nSPS) is 24.3. The molecule has 1 amide bonds. The number of nitrogens with zero attached hydrogens (tertiary/aromatic N) is 5. The van der Waals surface area contributed by atoms with E-state index < -0.39 is 44.3 Å². The highest BCUT2D eigenvalue weighted by Gasteiger charge is 2.55. The number of fused-ring (bicyclic) bond motifs is 1. The molecule has 3 heterocycles. The van der Waals surface area contributed by atoms with E-state index in [0.717, 1.165) is 11.0 Å². The van der Waals surface area contributed by atoms with E-state index in [0.29, 0.717) is 5.56 Å². The molecule has 1 aliphatic heterocycles. The van der Waals surface area contributed by atoms with Gasteiger partial charge in [0, 0.05) is 5.56 Å². The van der Waals surface area contributed by atoms with Crippen LogP contribution in [0, 0.1) is 0 Å². The molecule has 12 nitrogen and oxygen atoms in total. The fraction of sp³-hybridized carbons (Fsp3) is 0.312. The summed E-state index contributed by atoms with van der Waals surface area (Å²) in [5.74, 6) is -0.453. The van der Waals surface area contributed by atoms with E-state index >= 15 is 0 Å². The summed E-state index contributed by atoms with van der Waals surface area (Å²) >= 11 is 0. The minimum absolute atomic E-state index is 0.0127. The van der Waals surface area contributed by atoms with Gasteiger partial charge in [-0.1, -0.05) is 23.4 Å². The van der Waals surface area contributed by atoms with Crippen molar-refractivity contribution in [2.45, 2.75) is 24.2 Å². The number of benzene rings is 1. The lowest BCUT2D eigenvalue weighted by Crippen LogP contribution is -2.31. The van der Waals surface area contributed by atoms with Gasteiger partial charge >= 0.3 is 7.60 Å². The summed E-state index contributed by atoms with van der Waals surface area (Å²) in [5, 5.41) is 19.5. The molecule has 158 valence electrons. The minimum atomic E-state index is -4.92. The Balaban J connectivity index is 1.67. The van der Waals surface area contributed by atoms with Crippen LogP contribution in [0.25, 0.3) is 11.2 Å². The second-order valence-corrected chi connectivity index (χ2v) is 8.29. The fourth-order valence-corrected chi connectivity index (χ4v) is 4.37. The third-order valence-corrected chi connectivity index (χ3v) is 6.03. The first kappa shape index (κ1) is 20.4. The monoisotopic (exact) mass is 438 g/mol. The highest BCUT2D eigenvalue weighted by atomic mass is 31.2. The van der Waals surface area contributed by atoms with Crippen LogP contribution in [0.2, 0.25) is 0 Å². The second kappa shape index (κ2) is 7.78. The molecule has 0 unspecified atom stereocenters. The Labute approximate surface area is 167 Å². The smallest absolute Gasteiger partial charge is 0.334 e. The minimum Gasteiger partial charge on any atom is -0.394 e. The van der Waals surface area contributed by atoms with Crippen LogP contribution in [-0.2, 0) is 9.30 Å². The highest BCUT2D eigenvalue weighted by Crippen LogP contribution is 2.52. The first-order chi connectivity index (χ1) is 14.3. The quantitative estimate of drug-likeness (QED) is 0.404. The third kappa shape index (κ3) is 3.57. The molecule has 2 aromatic heterocycles. The lowest BCUT2D eigenvalue weighted by molar-refractivity contribution is -0.0421. The summed E-state index contributed by atoms with van der Waals surface area (Å²) < 4.78 is 32.7. The Bertz CT molecular complexity index is 1120. The van der Waals surface area contributed by atoms with Gasteiger partial charge in [0.1, 0.15) is 18.1 Å². The number of alkyl halides is 1. The van der Waals surface area contributed by atoms with Crippen LogP contribution in [0.3, 0.4) is 0 Å². The molecular formula is C16H16FN6O6P. The summed E-state index contributed by atoms with van der Waals surface area (Å²) in [6.07, 6.45) is -4.12. The molecule has 0 spiro atoms. The van der Waals surface area contributed by atoms with Crippen molar-refractivity contribution in [3.8, 4) is 0 Å². The maximum absolute atomic E-state index is 14.9. The number of hydrogen-bond donors (Lipinski definition) is 4. The molecule has 0 saturated carbocycles. The summed E-state index contributed by atoms with van der Waals surface area (Å²) in [7, 11) is -4.92. The molecule has 0 radical (unpaired) electrons. The van der Waals surface area contributed by atoms with Gasteiger partial charge in [0.05, 0.1) is 6.61 Å². The number of aliphatic hydroxyl groups excluding tert-OH is 1. The fourth-order valence-electron chi connectivity index (χ4n) is 3.25. The van der Waals surface area contributed by atoms with Gasteiger partial charge in [-0.2, -0.15) is 4.68 Å². The molecular weight excluding hydrogens is 422 g/mol. The van der Waals surface area contributed by atoms with Crippen molar-refractivity contribution in [3.05, 3.63) is 42.2 Å². The zero-order chi connectivity index (χ0) is 21.5. The van der Waals surface area contributed by atoms with Crippen LogP contribution in [0.4, 0.5) is 10.2 Å². The van der Waals surface area contributed by atoms with Gasteiger partial charge in [-0.25, -0.2) is 14.4 Å². The van der Waals surface area contributed by atoms with E-state index in [4.69, 9.17) is 4.74 Å². The summed E-state index contributed by atoms with van der Waals surface area (Å²) in [5.41, 5.74) is -1.50. The van der Waals surface area contributed by atoms with Gasteiger partial charge in [0.25, 0.3) is 5.91 Å². The summed E-state index contributed by atoms with van der Waals surface area (Å²) in [6, 6.07) is 8.33. The van der Waals surface area contributed by atoms with Crippen molar-refractivity contribution in [2.24, 2.45) is 0 Å². The zero-order valence-corrected chi connectivity index (χ0v) is 16.0. The number of anilines is 1. The number of nitrogens with one attached hydrogen (secondary N) is 1. The summed E-state index contributed by atoms with van der Waals surface area (Å²) in [6.45, 7) is -0.799. The van der Waals surface area contributed by atoms with Gasteiger partial charge in [-0.3, -0.25) is 9.36 Å². The lowest BCUT2D eigenvalue weighted by Gasteiger charge is -2.18. The van der Waals surface area contributed by atoms with Gasteiger partial charge in [-0.05, 0) is 12.1 Å². The Kier molecular flexibility index (Phi) is 5.30. The van der Waals surface area contributed by atoms with Crippen molar-refractivity contribution < 1.29 is 33.4 Å². The Morgan fingerprint density at radius 2 is 2.00 bits per heavy atom. The van der Waals surface area contributed by atoms with E-state index in [-0.39, 0.29) is 17.0 Å². The van der Waals surface area contributed by atoms with E-state index in [1.165, 1.54) is 0 Å². The standard InChI is InChI=1S/C16H16FN6O6P/c17-10-12(30(26,27)28)9(6-24)29-16(10)23-14-11(21-22-23)13(18-7-19-14)20-15(25)8-4-2-1-3-5-8/h1-5,7,9-10,12,16,24H,6H2,(H2,26,27,28)(H,18,19,20,25)/t9-,10-,12-,16-/m1/s1. The predicted octanol–water partition coefficient (Wildman–Crippen LogP) is 0.248. The van der Waals surface area contributed by atoms with Crippen molar-refractivity contribution in [1.82, 2.24) is 25.0 Å². The van der Waals surface area contributed by atoms with Gasteiger partial charge in [0.2, 0.25) is 0 Å². The molecule has 1 aromatic carbocycles. The van der Waals surface area contributed by atoms with Crippen molar-refractivity contribution >= 4 is 30.5 Å². The van der Waals surface area contributed by atoms with Gasteiger partial charge in [0.15, 0.2) is 29.4 Å². The van der Waals surface area contributed by atoms with Crippen LogP contribution in [0.1, 0.15) is 16.6 Å². The highest BCUT2D eigenvalue weighted by molar-refractivity contribution is 7.52. The Morgan fingerprint density at radius 1 is 1.27 bits per heavy atom. The lowest BCUT2D eigenvalue weighted by atomic mass is 10.2. The molecule has 0 bridgehead atoms. The SMILES string of the molecule is O=C(Nc1ncnc2c1nnn2[C@@H]1O[C@H](CO)[C@@H](P(=O)(O)O)[C@H]1F)c1ccccc1. The average molecular weight is 438 g/mol. The summed E-state index contributed by atoms with van der Waals surface area (Å²) in [4.78, 5) is 39.2. The molecule has 1 fully saturated rings. The molecule has 4 rings (SSSR count). The maximum Gasteiger partial charge on any atom is 0.334 e. The predicted molar refractivity (Wildman–Crippen MR) is 99.2 cm³/mol. The largest absolute Gasteiger partial charge is 0.394 e. The molecule has 1 aliphatic rings. The van der Waals surface area contributed by atoms with Crippen LogP contribution in [-0.4, -0.2) is 70.3 Å². The number of hydrogen-bond acceptors (Lipinski definition) is 8. The Hall–Kier alpha value is -2.83. The number of amides is 1.